The van der Waals surface area contributed by atoms with Gasteiger partial charge in [0.15, 0.2) is 0 Å². The number of benzene rings is 1. The minimum atomic E-state index is -0.791. The van der Waals surface area contributed by atoms with Crippen molar-refractivity contribution in [1.82, 2.24) is 5.32 Å². The van der Waals surface area contributed by atoms with Gasteiger partial charge >= 0.3 is 5.97 Å². The maximum Gasteiger partial charge on any atom is 0.308 e. The van der Waals surface area contributed by atoms with Crippen LogP contribution in [-0.4, -0.2) is 28.8 Å². The Morgan fingerprint density at radius 1 is 1.19 bits per heavy atom. The lowest BCUT2D eigenvalue weighted by Gasteiger charge is -2.30. The second-order valence-corrected chi connectivity index (χ2v) is 6.81. The lowest BCUT2D eigenvalue weighted by Crippen LogP contribution is -2.46. The van der Waals surface area contributed by atoms with E-state index in [2.05, 4.69) is 5.32 Å². The number of rotatable bonds is 3. The van der Waals surface area contributed by atoms with E-state index in [1.807, 2.05) is 24.3 Å². The molecule has 1 fully saturated rings. The Hall–Kier alpha value is -1.49. The van der Waals surface area contributed by atoms with Crippen LogP contribution in [0.3, 0.4) is 0 Å². The first kappa shape index (κ1) is 14.4. The average molecular weight is 305 g/mol. The van der Waals surface area contributed by atoms with E-state index in [1.165, 1.54) is 0 Å². The van der Waals surface area contributed by atoms with E-state index in [1.54, 1.807) is 11.8 Å². The molecule has 1 aromatic carbocycles. The summed E-state index contributed by atoms with van der Waals surface area (Å²) in [5, 5.41) is 12.3. The monoisotopic (exact) mass is 305 g/mol. The van der Waals surface area contributed by atoms with E-state index in [0.29, 0.717) is 6.42 Å². The molecule has 1 aliphatic carbocycles. The molecule has 1 aliphatic heterocycles. The Morgan fingerprint density at radius 3 is 2.76 bits per heavy atom. The molecule has 3 rings (SSSR count). The molecule has 3 atom stereocenters. The molecule has 1 heterocycles. The van der Waals surface area contributed by atoms with E-state index in [-0.39, 0.29) is 17.9 Å². The van der Waals surface area contributed by atoms with Crippen molar-refractivity contribution in [2.45, 2.75) is 42.5 Å². The number of aliphatic carboxylic acids is 1. The maximum atomic E-state index is 12.5. The minimum Gasteiger partial charge on any atom is -0.481 e. The van der Waals surface area contributed by atoms with Crippen molar-refractivity contribution < 1.29 is 14.7 Å². The van der Waals surface area contributed by atoms with Gasteiger partial charge in [0.2, 0.25) is 5.91 Å². The van der Waals surface area contributed by atoms with Crippen LogP contribution in [0.4, 0.5) is 0 Å². The molecule has 0 aromatic heterocycles. The van der Waals surface area contributed by atoms with E-state index in [0.717, 1.165) is 35.5 Å². The predicted molar refractivity (Wildman–Crippen MR) is 81.4 cm³/mol. The number of nitrogens with one attached hydrogen (secondary N) is 1. The van der Waals surface area contributed by atoms with Crippen LogP contribution >= 0.6 is 11.8 Å². The van der Waals surface area contributed by atoms with E-state index in [9.17, 15) is 14.7 Å². The molecule has 4 nitrogen and oxygen atoms in total. The molecular weight excluding hydrogens is 286 g/mol. The predicted octanol–water partition coefficient (Wildman–Crippen LogP) is 2.64. The average Bonchev–Trinajstić information content (AvgIpc) is 2.91. The third kappa shape index (κ3) is 2.93. The molecule has 1 saturated carbocycles. The maximum absolute atomic E-state index is 12.5. The van der Waals surface area contributed by atoms with Gasteiger partial charge in [-0.3, -0.25) is 9.59 Å². The van der Waals surface area contributed by atoms with E-state index in [4.69, 9.17) is 0 Å². The van der Waals surface area contributed by atoms with Crippen LogP contribution in [0.15, 0.2) is 29.2 Å². The quantitative estimate of drug-likeness (QED) is 0.901. The van der Waals surface area contributed by atoms with Crippen molar-refractivity contribution in [1.29, 1.82) is 0 Å². The van der Waals surface area contributed by atoms with Crippen molar-refractivity contribution in [2.24, 2.45) is 5.92 Å². The summed E-state index contributed by atoms with van der Waals surface area (Å²) in [6.07, 6.45) is 3.36. The molecule has 0 bridgehead atoms. The van der Waals surface area contributed by atoms with Crippen LogP contribution in [0, 0.1) is 5.92 Å². The van der Waals surface area contributed by atoms with Gasteiger partial charge in [0, 0.05) is 16.7 Å². The van der Waals surface area contributed by atoms with Crippen LogP contribution in [0.5, 0.6) is 0 Å². The number of fused-ring (bicyclic) bond motifs is 1. The standard InChI is InChI=1S/C16H19NO3S/c18-15(12-9-21-14-8-4-2-5-10(12)14)17-13-7-3-1-6-11(13)16(19)20/h2,4-5,8,11-13H,1,3,6-7,9H2,(H,17,18)(H,19,20). The van der Waals surface area contributed by atoms with Gasteiger partial charge in [0.25, 0.3) is 0 Å². The van der Waals surface area contributed by atoms with Crippen LogP contribution < -0.4 is 5.32 Å². The van der Waals surface area contributed by atoms with Gasteiger partial charge < -0.3 is 10.4 Å². The molecule has 0 spiro atoms. The molecule has 0 saturated heterocycles. The van der Waals surface area contributed by atoms with Crippen LogP contribution in [0.2, 0.25) is 0 Å². The summed E-state index contributed by atoms with van der Waals surface area (Å²) in [7, 11) is 0. The summed E-state index contributed by atoms with van der Waals surface area (Å²) in [6, 6.07) is 7.74. The fraction of sp³-hybridized carbons (Fsp3) is 0.500. The van der Waals surface area contributed by atoms with Crippen molar-refractivity contribution in [3.8, 4) is 0 Å². The largest absolute Gasteiger partial charge is 0.481 e. The normalized spacial score (nSPS) is 27.9. The number of carboxylic acids is 1. The first-order valence-corrected chi connectivity index (χ1v) is 8.40. The van der Waals surface area contributed by atoms with Gasteiger partial charge in [0.1, 0.15) is 0 Å². The molecular formula is C16H19NO3S. The van der Waals surface area contributed by atoms with Crippen molar-refractivity contribution >= 4 is 23.6 Å². The summed E-state index contributed by atoms with van der Waals surface area (Å²) in [4.78, 5) is 25.0. The number of amides is 1. The third-order valence-electron chi connectivity index (χ3n) is 4.43. The molecule has 3 unspecified atom stereocenters. The van der Waals surface area contributed by atoms with Crippen LogP contribution in [0.1, 0.15) is 37.2 Å². The molecule has 5 heteroatoms. The highest BCUT2D eigenvalue weighted by atomic mass is 32.2. The lowest BCUT2D eigenvalue weighted by molar-refractivity contribution is -0.144. The second-order valence-electron chi connectivity index (χ2n) is 5.75. The van der Waals surface area contributed by atoms with E-state index >= 15 is 0 Å². The summed E-state index contributed by atoms with van der Waals surface area (Å²) in [5.74, 6) is -0.656. The first-order valence-electron chi connectivity index (χ1n) is 7.41. The number of thioether (sulfide) groups is 1. The molecule has 1 aromatic rings. The smallest absolute Gasteiger partial charge is 0.308 e. The number of carbonyl (C=O) groups excluding carboxylic acids is 1. The van der Waals surface area contributed by atoms with Gasteiger partial charge in [-0.25, -0.2) is 0 Å². The Kier molecular flexibility index (Phi) is 4.19. The highest BCUT2D eigenvalue weighted by Crippen LogP contribution is 2.39. The summed E-state index contributed by atoms with van der Waals surface area (Å²) in [5.41, 5.74) is 1.07. The molecule has 2 aliphatic rings. The number of hydrogen-bond acceptors (Lipinski definition) is 3. The van der Waals surface area contributed by atoms with Crippen LogP contribution in [0.25, 0.3) is 0 Å². The van der Waals surface area contributed by atoms with Gasteiger partial charge in [-0.2, -0.15) is 0 Å². The number of carbonyl (C=O) groups is 2. The molecule has 2 N–H and O–H groups in total. The number of hydrogen-bond donors (Lipinski definition) is 2. The van der Waals surface area contributed by atoms with Crippen molar-refractivity contribution in [3.05, 3.63) is 29.8 Å². The molecule has 1 amide bonds. The Balaban J connectivity index is 1.70. The van der Waals surface area contributed by atoms with Crippen molar-refractivity contribution in [3.63, 3.8) is 0 Å². The van der Waals surface area contributed by atoms with Gasteiger partial charge in [-0.1, -0.05) is 31.0 Å². The summed E-state index contributed by atoms with van der Waals surface area (Å²) >= 11 is 1.70. The Labute approximate surface area is 128 Å². The fourth-order valence-corrected chi connectivity index (χ4v) is 4.49. The van der Waals surface area contributed by atoms with Gasteiger partial charge in [-0.15, -0.1) is 11.8 Å². The zero-order chi connectivity index (χ0) is 14.8. The SMILES string of the molecule is O=C(NC1CCCCC1C(=O)O)C1CSc2ccccc21. The topological polar surface area (TPSA) is 66.4 Å². The van der Waals surface area contributed by atoms with Gasteiger partial charge in [0.05, 0.1) is 11.8 Å². The number of carboxylic acid groups (broad SMARTS) is 1. The van der Waals surface area contributed by atoms with E-state index < -0.39 is 11.9 Å². The molecule has 21 heavy (non-hydrogen) atoms. The highest BCUT2D eigenvalue weighted by Gasteiger charge is 2.35. The van der Waals surface area contributed by atoms with Crippen molar-refractivity contribution in [2.75, 3.05) is 5.75 Å². The lowest BCUT2D eigenvalue weighted by atomic mass is 9.84. The summed E-state index contributed by atoms with van der Waals surface area (Å²) < 4.78 is 0. The zero-order valence-corrected chi connectivity index (χ0v) is 12.6. The Bertz CT molecular complexity index is 560. The third-order valence-corrected chi connectivity index (χ3v) is 5.61. The second kappa shape index (κ2) is 6.10. The summed E-state index contributed by atoms with van der Waals surface area (Å²) in [6.45, 7) is 0. The zero-order valence-electron chi connectivity index (χ0n) is 11.7. The highest BCUT2D eigenvalue weighted by molar-refractivity contribution is 7.99. The minimum absolute atomic E-state index is 0.0226. The molecule has 0 radical (unpaired) electrons. The van der Waals surface area contributed by atoms with Gasteiger partial charge in [-0.05, 0) is 24.5 Å². The molecule has 112 valence electrons. The Morgan fingerprint density at radius 2 is 1.95 bits per heavy atom. The first-order chi connectivity index (χ1) is 10.2. The fourth-order valence-electron chi connectivity index (χ4n) is 3.26. The van der Waals surface area contributed by atoms with Crippen LogP contribution in [-0.2, 0) is 9.59 Å².